The Labute approximate surface area is 181 Å². The molecule has 10 heteroatoms. The Morgan fingerprint density at radius 3 is 2.53 bits per heavy atom. The Kier molecular flexibility index (Phi) is 6.15. The normalized spacial score (nSPS) is 11.9. The molecule has 0 bridgehead atoms. The van der Waals surface area contributed by atoms with Crippen molar-refractivity contribution in [3.05, 3.63) is 59.9 Å². The summed E-state index contributed by atoms with van der Waals surface area (Å²) in [5.74, 6) is 0.563. The summed E-state index contributed by atoms with van der Waals surface area (Å²) in [6.07, 6.45) is 4.07. The van der Waals surface area contributed by atoms with Gasteiger partial charge in [-0.05, 0) is 37.6 Å². The van der Waals surface area contributed by atoms with Gasteiger partial charge in [-0.3, -0.25) is 19.7 Å². The smallest absolute Gasteiger partial charge is 0.239 e. The minimum absolute atomic E-state index is 0.133. The number of nitrogens with zero attached hydrogens (tertiary/aromatic N) is 6. The van der Waals surface area contributed by atoms with Crippen LogP contribution in [0.1, 0.15) is 18.4 Å². The van der Waals surface area contributed by atoms with E-state index in [-0.39, 0.29) is 11.2 Å². The van der Waals surface area contributed by atoms with Gasteiger partial charge in [-0.1, -0.05) is 48.2 Å². The molecule has 0 aliphatic rings. The molecule has 4 rings (SSSR count). The number of aromatic nitrogens is 6. The van der Waals surface area contributed by atoms with Crippen LogP contribution in [0.25, 0.3) is 17.1 Å². The molecule has 0 unspecified atom stereocenters. The van der Waals surface area contributed by atoms with Crippen LogP contribution in [-0.4, -0.2) is 41.1 Å². The molecule has 0 saturated heterocycles. The van der Waals surface area contributed by atoms with E-state index in [2.05, 4.69) is 30.7 Å². The van der Waals surface area contributed by atoms with E-state index >= 15 is 0 Å². The van der Waals surface area contributed by atoms with Crippen LogP contribution in [0.2, 0.25) is 0 Å². The third kappa shape index (κ3) is 4.39. The highest BCUT2D eigenvalue weighted by atomic mass is 32.2. The number of nitrogens with one attached hydrogen (secondary N) is 1. The molecule has 152 valence electrons. The van der Waals surface area contributed by atoms with Crippen LogP contribution in [0.15, 0.2) is 60.0 Å². The van der Waals surface area contributed by atoms with Crippen molar-refractivity contribution in [2.75, 3.05) is 5.32 Å². The number of para-hydroxylation sites is 1. The van der Waals surface area contributed by atoms with Crippen LogP contribution in [0.3, 0.4) is 0 Å². The molecular formula is C20H19N7OS2. The number of hydrogen-bond acceptors (Lipinski definition) is 8. The van der Waals surface area contributed by atoms with Gasteiger partial charge in [0.05, 0.1) is 5.25 Å². The molecular weight excluding hydrogens is 418 g/mol. The van der Waals surface area contributed by atoms with Crippen molar-refractivity contribution in [3.63, 3.8) is 0 Å². The molecule has 1 N–H and O–H groups in total. The van der Waals surface area contributed by atoms with Gasteiger partial charge in [0.1, 0.15) is 5.01 Å². The van der Waals surface area contributed by atoms with Crippen molar-refractivity contribution in [2.45, 2.75) is 30.7 Å². The molecule has 0 aliphatic heterocycles. The van der Waals surface area contributed by atoms with Crippen molar-refractivity contribution < 1.29 is 4.79 Å². The standard InChI is InChI=1S/C20H19N7OS2/c1-3-16(18(28)22-19-25-23-13(2)29-19)30-20-26-24-17(14-9-11-21-12-10-14)27(20)15-7-5-4-6-8-15/h4-12,16H,3H2,1-2H3,(H,22,25,28)/t16-/m0/s1. The fourth-order valence-electron chi connectivity index (χ4n) is 2.83. The van der Waals surface area contributed by atoms with Gasteiger partial charge in [0.15, 0.2) is 11.0 Å². The molecule has 0 radical (unpaired) electrons. The summed E-state index contributed by atoms with van der Waals surface area (Å²) in [7, 11) is 0. The maximum Gasteiger partial charge on any atom is 0.239 e. The molecule has 3 heterocycles. The summed E-state index contributed by atoms with van der Waals surface area (Å²) < 4.78 is 1.96. The summed E-state index contributed by atoms with van der Waals surface area (Å²) in [5.41, 5.74) is 1.82. The van der Waals surface area contributed by atoms with E-state index in [1.165, 1.54) is 23.1 Å². The summed E-state index contributed by atoms with van der Waals surface area (Å²) in [6.45, 7) is 3.82. The first-order valence-corrected chi connectivity index (χ1v) is 11.0. The monoisotopic (exact) mass is 437 g/mol. The fraction of sp³-hybridized carbons (Fsp3) is 0.200. The van der Waals surface area contributed by atoms with Crippen LogP contribution >= 0.6 is 23.1 Å². The van der Waals surface area contributed by atoms with E-state index in [0.29, 0.717) is 22.5 Å². The van der Waals surface area contributed by atoms with Gasteiger partial charge in [0, 0.05) is 23.6 Å². The lowest BCUT2D eigenvalue weighted by atomic mass is 10.2. The van der Waals surface area contributed by atoms with E-state index in [1.54, 1.807) is 12.4 Å². The molecule has 0 spiro atoms. The summed E-state index contributed by atoms with van der Waals surface area (Å²) in [4.78, 5) is 16.9. The number of thioether (sulfide) groups is 1. The molecule has 1 aromatic carbocycles. The minimum Gasteiger partial charge on any atom is -0.300 e. The van der Waals surface area contributed by atoms with Gasteiger partial charge >= 0.3 is 0 Å². The third-order valence-corrected chi connectivity index (χ3v) is 6.31. The first-order valence-electron chi connectivity index (χ1n) is 9.34. The fourth-order valence-corrected chi connectivity index (χ4v) is 4.39. The lowest BCUT2D eigenvalue weighted by Crippen LogP contribution is -2.25. The second kappa shape index (κ2) is 9.14. The van der Waals surface area contributed by atoms with Crippen LogP contribution in [0.4, 0.5) is 5.13 Å². The maximum atomic E-state index is 12.8. The highest BCUT2D eigenvalue weighted by molar-refractivity contribution is 8.00. The lowest BCUT2D eigenvalue weighted by Gasteiger charge is -2.15. The Balaban J connectivity index is 1.66. The lowest BCUT2D eigenvalue weighted by molar-refractivity contribution is -0.115. The Bertz CT molecular complexity index is 1130. The van der Waals surface area contributed by atoms with Crippen molar-refractivity contribution in [1.29, 1.82) is 0 Å². The van der Waals surface area contributed by atoms with Gasteiger partial charge in [-0.2, -0.15) is 0 Å². The Hall–Kier alpha value is -3.11. The molecule has 4 aromatic rings. The largest absolute Gasteiger partial charge is 0.300 e. The number of benzene rings is 1. The molecule has 3 aromatic heterocycles. The van der Waals surface area contributed by atoms with E-state index in [0.717, 1.165) is 16.3 Å². The molecule has 1 amide bonds. The van der Waals surface area contributed by atoms with Crippen molar-refractivity contribution in [1.82, 2.24) is 29.9 Å². The Morgan fingerprint density at radius 2 is 1.87 bits per heavy atom. The van der Waals surface area contributed by atoms with Crippen LogP contribution < -0.4 is 5.32 Å². The number of rotatable bonds is 7. The molecule has 30 heavy (non-hydrogen) atoms. The number of aryl methyl sites for hydroxylation is 1. The van der Waals surface area contributed by atoms with Gasteiger partial charge in [0.2, 0.25) is 11.0 Å². The van der Waals surface area contributed by atoms with E-state index in [9.17, 15) is 4.79 Å². The molecule has 0 fully saturated rings. The van der Waals surface area contributed by atoms with Crippen LogP contribution in [0.5, 0.6) is 0 Å². The van der Waals surface area contributed by atoms with E-state index < -0.39 is 0 Å². The maximum absolute atomic E-state index is 12.8. The van der Waals surface area contributed by atoms with Gasteiger partial charge in [-0.25, -0.2) is 0 Å². The SMILES string of the molecule is CC[C@H](Sc1nnc(-c2ccncc2)n1-c1ccccc1)C(=O)Nc1nnc(C)s1. The number of carbonyl (C=O) groups is 1. The topological polar surface area (TPSA) is 98.5 Å². The molecule has 1 atom stereocenters. The van der Waals surface area contributed by atoms with Crippen LogP contribution in [0, 0.1) is 6.92 Å². The molecule has 8 nitrogen and oxygen atoms in total. The van der Waals surface area contributed by atoms with Crippen molar-refractivity contribution in [3.8, 4) is 17.1 Å². The number of amides is 1. The Morgan fingerprint density at radius 1 is 1.10 bits per heavy atom. The van der Waals surface area contributed by atoms with Gasteiger partial charge in [-0.15, -0.1) is 20.4 Å². The number of carbonyl (C=O) groups excluding carboxylic acids is 1. The minimum atomic E-state index is -0.355. The highest BCUT2D eigenvalue weighted by Gasteiger charge is 2.24. The summed E-state index contributed by atoms with van der Waals surface area (Å²) in [6, 6.07) is 13.6. The van der Waals surface area contributed by atoms with Crippen molar-refractivity contribution in [2.24, 2.45) is 0 Å². The van der Waals surface area contributed by atoms with E-state index in [4.69, 9.17) is 0 Å². The number of pyridine rings is 1. The first kappa shape index (κ1) is 20.2. The van der Waals surface area contributed by atoms with Crippen molar-refractivity contribution >= 4 is 34.1 Å². The third-order valence-electron chi connectivity index (χ3n) is 4.25. The molecule has 0 saturated carbocycles. The zero-order valence-corrected chi connectivity index (χ0v) is 18.0. The second-order valence-corrected chi connectivity index (χ2v) is 8.69. The molecule has 0 aliphatic carbocycles. The van der Waals surface area contributed by atoms with E-state index in [1.807, 2.05) is 60.9 Å². The summed E-state index contributed by atoms with van der Waals surface area (Å²) in [5, 5.41) is 21.2. The summed E-state index contributed by atoms with van der Waals surface area (Å²) >= 11 is 2.73. The predicted octanol–water partition coefficient (Wildman–Crippen LogP) is 4.00. The quantitative estimate of drug-likeness (QED) is 0.436. The predicted molar refractivity (Wildman–Crippen MR) is 118 cm³/mol. The average molecular weight is 438 g/mol. The number of anilines is 1. The average Bonchev–Trinajstić information content (AvgIpc) is 3.39. The first-order chi connectivity index (χ1) is 14.7. The number of hydrogen-bond donors (Lipinski definition) is 1. The highest BCUT2D eigenvalue weighted by Crippen LogP contribution is 2.31. The second-order valence-electron chi connectivity index (χ2n) is 6.34. The van der Waals surface area contributed by atoms with Crippen LogP contribution in [-0.2, 0) is 4.79 Å². The van der Waals surface area contributed by atoms with Gasteiger partial charge in [0.25, 0.3) is 0 Å². The zero-order valence-electron chi connectivity index (χ0n) is 16.4. The van der Waals surface area contributed by atoms with Gasteiger partial charge < -0.3 is 0 Å². The zero-order chi connectivity index (χ0) is 20.9.